The van der Waals surface area contributed by atoms with E-state index in [9.17, 15) is 4.39 Å². The standard InChI is InChI=1S/C26H41FNO3.Tl/c1-2-3-4-5-6-7-8-9-10-11-12-13-14-15-30-22-26(20-29)31-21-24-16-23(19-28)17-25(27)18-24;/h16-18,26H,2-15,20-22H2,1H3;/q-1;+1. The Morgan fingerprint density at radius 1 is 0.875 bits per heavy atom. The molecule has 1 aromatic carbocycles. The van der Waals surface area contributed by atoms with Gasteiger partial charge in [0.25, 0.3) is 0 Å². The molecule has 0 fully saturated rings. The van der Waals surface area contributed by atoms with Crippen molar-refractivity contribution in [1.82, 2.24) is 0 Å². The molecule has 0 spiro atoms. The van der Waals surface area contributed by atoms with Crippen molar-refractivity contribution in [2.24, 2.45) is 0 Å². The minimum atomic E-state index is -0.418. The van der Waals surface area contributed by atoms with E-state index in [0.717, 1.165) is 13.0 Å². The first-order valence-corrected chi connectivity index (χ1v) is 14.2. The molecule has 0 radical (unpaired) electrons. The number of rotatable bonds is 21. The second kappa shape index (κ2) is 21.0. The number of hydrogen-bond acceptors (Lipinski definition) is 4. The first-order valence-electron chi connectivity index (χ1n) is 12.4. The van der Waals surface area contributed by atoms with E-state index in [2.05, 4.69) is 6.92 Å². The third kappa shape index (κ3) is 16.1. The van der Waals surface area contributed by atoms with E-state index in [1.165, 1.54) is 89.2 Å². The molecule has 0 bridgehead atoms. The van der Waals surface area contributed by atoms with E-state index >= 15 is 0 Å². The monoisotopic (exact) mass is 639 g/mol. The molecule has 0 saturated carbocycles. The number of halogens is 1. The summed E-state index contributed by atoms with van der Waals surface area (Å²) >= 11 is 0.437. The zero-order valence-corrected chi connectivity index (χ0v) is 24.4. The van der Waals surface area contributed by atoms with Crippen LogP contribution in [0.1, 0.15) is 102 Å². The summed E-state index contributed by atoms with van der Waals surface area (Å²) in [5.41, 5.74) is 0.957. The van der Waals surface area contributed by atoms with Gasteiger partial charge >= 0.3 is 160 Å². The second-order valence-corrected chi connectivity index (χ2v) is 9.84. The van der Waals surface area contributed by atoms with Gasteiger partial charge in [-0.2, -0.15) is 0 Å². The van der Waals surface area contributed by atoms with E-state index in [4.69, 9.17) is 17.4 Å². The Hall–Kier alpha value is -0.558. The van der Waals surface area contributed by atoms with Crippen molar-refractivity contribution in [3.63, 3.8) is 0 Å². The molecule has 0 aliphatic rings. The average Bonchev–Trinajstić information content (AvgIpc) is 2.79. The van der Waals surface area contributed by atoms with Crippen LogP contribution >= 0.6 is 0 Å². The molecule has 0 saturated heterocycles. The Labute approximate surface area is 211 Å². The summed E-state index contributed by atoms with van der Waals surface area (Å²) in [6, 6.07) is 6.24. The van der Waals surface area contributed by atoms with Crippen molar-refractivity contribution in [3.8, 4) is 6.07 Å². The molecule has 0 aliphatic carbocycles. The van der Waals surface area contributed by atoms with Gasteiger partial charge in [0, 0.05) is 0 Å². The average molecular weight is 639 g/mol. The van der Waals surface area contributed by atoms with E-state index in [1.54, 1.807) is 6.07 Å². The van der Waals surface area contributed by atoms with Gasteiger partial charge in [0.15, 0.2) is 0 Å². The van der Waals surface area contributed by atoms with Crippen LogP contribution in [0.4, 0.5) is 4.39 Å². The van der Waals surface area contributed by atoms with Crippen molar-refractivity contribution >= 4 is 26.2 Å². The molecule has 1 unspecified atom stereocenters. The van der Waals surface area contributed by atoms with Gasteiger partial charge in [-0.05, 0) is 0 Å². The number of unbranched alkanes of at least 4 members (excludes halogenated alkanes) is 12. The van der Waals surface area contributed by atoms with Crippen molar-refractivity contribution in [2.45, 2.75) is 103 Å². The minimum absolute atomic E-state index is 0.171. The van der Waals surface area contributed by atoms with Gasteiger partial charge in [0.05, 0.1) is 0 Å². The number of benzene rings is 1. The Morgan fingerprint density at radius 3 is 2.03 bits per heavy atom. The molecule has 178 valence electrons. The maximum absolute atomic E-state index is 13.5. The van der Waals surface area contributed by atoms with Gasteiger partial charge in [-0.15, -0.1) is 0 Å². The summed E-state index contributed by atoms with van der Waals surface area (Å²) < 4.78 is 30.5. The molecule has 0 aliphatic heterocycles. The molecular formula is C26H41FNO3Tl. The molecule has 32 heavy (non-hydrogen) atoms. The molecule has 1 atom stereocenters. The van der Waals surface area contributed by atoms with Crippen molar-refractivity contribution < 1.29 is 16.6 Å². The Balaban J connectivity index is 2.02. The van der Waals surface area contributed by atoms with E-state index in [1.807, 2.05) is 6.07 Å². The molecule has 0 amide bonds. The fourth-order valence-electron chi connectivity index (χ4n) is 3.70. The molecule has 0 aromatic heterocycles. The van der Waals surface area contributed by atoms with Crippen LogP contribution in [0, 0.1) is 17.1 Å². The first-order chi connectivity index (χ1) is 15.7. The van der Waals surface area contributed by atoms with Crippen LogP contribution in [0.2, 0.25) is 0 Å². The normalized spacial score (nSPS) is 12.0. The Kier molecular flexibility index (Phi) is 19.3. The van der Waals surface area contributed by atoms with Crippen LogP contribution in [0.3, 0.4) is 0 Å². The molecule has 4 nitrogen and oxygen atoms in total. The zero-order chi connectivity index (χ0) is 23.3. The predicted molar refractivity (Wildman–Crippen MR) is 128 cm³/mol. The van der Waals surface area contributed by atoms with Crippen LogP contribution in [-0.4, -0.2) is 52.1 Å². The van der Waals surface area contributed by atoms with Gasteiger partial charge in [-0.25, -0.2) is 0 Å². The fraction of sp³-hybridized carbons (Fsp3) is 0.731. The predicted octanol–water partition coefficient (Wildman–Crippen LogP) is 6.79. The molecule has 1 rings (SSSR count). The molecule has 6 heteroatoms. The van der Waals surface area contributed by atoms with Crippen molar-refractivity contribution in [1.29, 1.82) is 5.26 Å². The summed E-state index contributed by atoms with van der Waals surface area (Å²) in [5, 5.41) is 8.96. The summed E-state index contributed by atoms with van der Waals surface area (Å²) in [5.74, 6) is -0.418. The Morgan fingerprint density at radius 2 is 1.47 bits per heavy atom. The summed E-state index contributed by atoms with van der Waals surface area (Å²) in [6.45, 7) is 4.22. The molecule has 0 heterocycles. The number of ether oxygens (including phenoxy) is 2. The van der Waals surface area contributed by atoms with Crippen LogP contribution in [-0.2, 0) is 18.8 Å². The van der Waals surface area contributed by atoms with Crippen molar-refractivity contribution in [3.05, 3.63) is 35.1 Å². The molecular weight excluding hydrogens is 598 g/mol. The van der Waals surface area contributed by atoms with E-state index in [-0.39, 0.29) is 12.7 Å². The van der Waals surface area contributed by atoms with Gasteiger partial charge in [-0.3, -0.25) is 0 Å². The van der Waals surface area contributed by atoms with Crippen molar-refractivity contribution in [2.75, 3.05) is 19.8 Å². The summed E-state index contributed by atoms with van der Waals surface area (Å²) in [6.07, 6.45) is 17.2. The molecule has 0 N–H and O–H groups in total. The Bertz CT molecular complexity index is 624. The number of nitrogens with zero attached hydrogens (tertiary/aromatic N) is 1. The van der Waals surface area contributed by atoms with Crippen LogP contribution in [0.5, 0.6) is 0 Å². The van der Waals surface area contributed by atoms with E-state index in [0.29, 0.717) is 50.6 Å². The van der Waals surface area contributed by atoms with Crippen LogP contribution in [0.15, 0.2) is 18.2 Å². The first kappa shape index (κ1) is 29.5. The summed E-state index contributed by atoms with van der Waals surface area (Å²) in [4.78, 5) is 0. The van der Waals surface area contributed by atoms with Gasteiger partial charge in [-0.1, -0.05) is 51.9 Å². The van der Waals surface area contributed by atoms with Gasteiger partial charge < -0.3 is 0 Å². The zero-order valence-electron chi connectivity index (χ0n) is 20.0. The number of hydrogen-bond donors (Lipinski definition) is 0. The van der Waals surface area contributed by atoms with Gasteiger partial charge in [0.2, 0.25) is 0 Å². The third-order valence-corrected chi connectivity index (χ3v) is 6.30. The summed E-state index contributed by atoms with van der Waals surface area (Å²) in [7, 11) is 0. The van der Waals surface area contributed by atoms with E-state index < -0.39 is 5.82 Å². The van der Waals surface area contributed by atoms with Crippen LogP contribution in [0.25, 0.3) is 0 Å². The quantitative estimate of drug-likeness (QED) is 0.110. The SMILES string of the molecule is CCCCCCCCCCCCCCCOCC(C[O][Tl])OCc1cc(F)cc(C#N)c1. The van der Waals surface area contributed by atoms with Crippen LogP contribution < -0.4 is 0 Å². The second-order valence-electron chi connectivity index (χ2n) is 8.54. The molecule has 1 aromatic rings. The fourth-order valence-corrected chi connectivity index (χ4v) is 4.54. The number of nitriles is 1. The van der Waals surface area contributed by atoms with Gasteiger partial charge in [0.1, 0.15) is 0 Å². The maximum atomic E-state index is 13.5. The third-order valence-electron chi connectivity index (χ3n) is 5.55. The topological polar surface area (TPSA) is 51.5 Å².